The Morgan fingerprint density at radius 1 is 0.311 bits per heavy atom. The maximum absolute atomic E-state index is 3.30. The molecule has 0 fully saturated rings. The minimum Gasteiger partial charge on any atom is -1.00 e. The molecule has 0 unspecified atom stereocenters. The molecule has 12 aromatic carbocycles. The quantitative estimate of drug-likeness (QED) is 0.0889. The molecule has 356 valence electrons. The Bertz CT molecular complexity index is 3160. The summed E-state index contributed by atoms with van der Waals surface area (Å²) in [7, 11) is -0.986. The molecule has 6 heteroatoms. The van der Waals surface area contributed by atoms with Gasteiger partial charge in [0, 0.05) is 0 Å². The smallest absolute Gasteiger partial charge is 1.00 e. The Morgan fingerprint density at radius 2 is 0.608 bits per heavy atom. The van der Waals surface area contributed by atoms with Crippen LogP contribution in [0.1, 0.15) is 22.3 Å². The van der Waals surface area contributed by atoms with Crippen molar-refractivity contribution in [3.05, 3.63) is 313 Å². The zero-order valence-corrected chi connectivity index (χ0v) is 47.0. The fraction of sp³-hybridized carbons (Fsp3) is 0.0294. The first kappa shape index (κ1) is 56.0. The summed E-state index contributed by atoms with van der Waals surface area (Å²) in [4.78, 5) is 0. The van der Waals surface area contributed by atoms with Crippen molar-refractivity contribution >= 4 is 69.2 Å². The van der Waals surface area contributed by atoms with Crippen LogP contribution in [0.2, 0.25) is 0 Å². The van der Waals surface area contributed by atoms with Gasteiger partial charge in [0.25, 0.3) is 0 Å². The summed E-state index contributed by atoms with van der Waals surface area (Å²) in [5, 5.41) is 13.8. The van der Waals surface area contributed by atoms with Crippen LogP contribution in [0.15, 0.2) is 279 Å². The van der Waals surface area contributed by atoms with Crippen molar-refractivity contribution in [1.29, 1.82) is 0 Å². The van der Waals surface area contributed by atoms with E-state index in [9.17, 15) is 0 Å². The van der Waals surface area contributed by atoms with Gasteiger partial charge in [0.05, 0.1) is 0 Å². The maximum atomic E-state index is 3.30. The van der Waals surface area contributed by atoms with Crippen LogP contribution in [-0.4, -0.2) is 0 Å². The first-order valence-corrected chi connectivity index (χ1v) is 26.7. The summed E-state index contributed by atoms with van der Waals surface area (Å²) in [6.07, 6.45) is 2.10. The first-order chi connectivity index (χ1) is 34.7. The van der Waals surface area contributed by atoms with Crippen LogP contribution in [0.25, 0.3) is 43.8 Å². The van der Waals surface area contributed by atoms with Gasteiger partial charge in [-0.05, 0) is 49.9 Å². The first-order valence-electron chi connectivity index (χ1n) is 24.0. The standard InChI is InChI=1S/2C21H16P.2C13H9.2ClH.2Ti/c2*1-3-11-19(12-4-1)22(20-13-5-2-6-14-20)21-15-17-9-7-8-10-18(17)16-21;2*1-3-7-12-10(5-1)9-11-6-2-4-8-13(11)12;;;;/h2*1-16H;2*1-5,7-8H,9H2;2*1H;;/q4*-1;;;2*+2/p-2. The van der Waals surface area contributed by atoms with Gasteiger partial charge in [-0.3, -0.25) is 0 Å². The fourth-order valence-corrected chi connectivity index (χ4v) is 14.5. The van der Waals surface area contributed by atoms with Crippen molar-refractivity contribution in [3.8, 4) is 22.3 Å². The van der Waals surface area contributed by atoms with Crippen LogP contribution in [0.3, 0.4) is 0 Å². The van der Waals surface area contributed by atoms with E-state index < -0.39 is 15.8 Å². The molecule has 14 rings (SSSR count). The third-order valence-electron chi connectivity index (χ3n) is 13.0. The number of hydrogen-bond donors (Lipinski definition) is 0. The van der Waals surface area contributed by atoms with Gasteiger partial charge in [-0.25, -0.2) is 0 Å². The second kappa shape index (κ2) is 27.2. The molecule has 0 N–H and O–H groups in total. The van der Waals surface area contributed by atoms with Gasteiger partial charge in [0.2, 0.25) is 0 Å². The van der Waals surface area contributed by atoms with E-state index in [-0.39, 0.29) is 68.2 Å². The number of hydrogen-bond acceptors (Lipinski definition) is 0. The number of fused-ring (bicyclic) bond motifs is 8. The zero-order valence-electron chi connectivity index (χ0n) is 40.6. The van der Waals surface area contributed by atoms with Crippen LogP contribution < -0.4 is 56.6 Å². The number of halogens is 2. The second-order valence-electron chi connectivity index (χ2n) is 17.5. The van der Waals surface area contributed by atoms with Gasteiger partial charge in [0.1, 0.15) is 0 Å². The van der Waals surface area contributed by atoms with E-state index in [1.165, 1.54) is 97.9 Å². The third-order valence-corrected chi connectivity index (χ3v) is 17.8. The molecule has 0 bridgehead atoms. The van der Waals surface area contributed by atoms with E-state index in [1.54, 1.807) is 0 Å². The summed E-state index contributed by atoms with van der Waals surface area (Å²) in [6.45, 7) is 0. The summed E-state index contributed by atoms with van der Waals surface area (Å²) in [6, 6.07) is 106. The molecule has 0 aromatic heterocycles. The van der Waals surface area contributed by atoms with Crippen LogP contribution in [0.4, 0.5) is 0 Å². The van der Waals surface area contributed by atoms with Gasteiger partial charge < -0.3 is 24.8 Å². The Balaban J connectivity index is 0.000000145. The number of rotatable bonds is 6. The minimum absolute atomic E-state index is 0. The van der Waals surface area contributed by atoms with E-state index in [0.717, 1.165) is 12.8 Å². The molecule has 0 nitrogen and oxygen atoms in total. The topological polar surface area (TPSA) is 0 Å². The molecule has 0 atom stereocenters. The van der Waals surface area contributed by atoms with Crippen LogP contribution in [-0.2, 0) is 56.3 Å². The summed E-state index contributed by atoms with van der Waals surface area (Å²) < 4.78 is 0. The normalized spacial score (nSPS) is 10.9. The maximum Gasteiger partial charge on any atom is 2.00 e. The van der Waals surface area contributed by atoms with Crippen molar-refractivity contribution in [1.82, 2.24) is 0 Å². The molecular weight excluding hydrogens is 1050 g/mol. The molecule has 0 heterocycles. The molecule has 2 aliphatic carbocycles. The van der Waals surface area contributed by atoms with Gasteiger partial charge in [-0.2, -0.15) is 71.8 Å². The average molecular weight is 1100 g/mol. The molecule has 2 aliphatic rings. The van der Waals surface area contributed by atoms with Crippen LogP contribution in [0.5, 0.6) is 0 Å². The summed E-state index contributed by atoms with van der Waals surface area (Å²) >= 11 is 0. The predicted octanol–water partition coefficient (Wildman–Crippen LogP) is 8.75. The second-order valence-corrected chi connectivity index (χ2v) is 21.9. The molecule has 0 radical (unpaired) electrons. The Kier molecular flexibility index (Phi) is 20.6. The van der Waals surface area contributed by atoms with Gasteiger partial charge >= 0.3 is 43.4 Å². The van der Waals surface area contributed by atoms with Crippen molar-refractivity contribution in [3.63, 3.8) is 0 Å². The molecule has 0 saturated carbocycles. The van der Waals surface area contributed by atoms with E-state index >= 15 is 0 Å². The zero-order chi connectivity index (χ0) is 46.9. The summed E-state index contributed by atoms with van der Waals surface area (Å²) in [5.41, 5.74) is 11.0. The molecule has 0 aliphatic heterocycles. The average Bonchev–Trinajstić information content (AvgIpc) is 4.24. The fourth-order valence-electron chi connectivity index (χ4n) is 9.72. The molecular formula is C68H50Cl2P2Ti2-2. The predicted molar refractivity (Wildman–Crippen MR) is 304 cm³/mol. The van der Waals surface area contributed by atoms with Crippen LogP contribution in [0, 0.1) is 12.1 Å². The van der Waals surface area contributed by atoms with Crippen molar-refractivity contribution in [2.75, 3.05) is 0 Å². The van der Waals surface area contributed by atoms with Gasteiger partial charge in [0.15, 0.2) is 0 Å². The van der Waals surface area contributed by atoms with E-state index in [1.807, 2.05) is 12.1 Å². The third kappa shape index (κ3) is 12.8. The van der Waals surface area contributed by atoms with E-state index in [4.69, 9.17) is 0 Å². The molecule has 74 heavy (non-hydrogen) atoms. The SMILES string of the molecule is [Cl-].[Cl-].[Ti+2].[Ti+2].[c-]1cccc2c1Cc1ccccc1-2.[c-]1cccc2c1Cc1ccccc1-2.c1ccc(P(c2ccccc2)c2cc3ccccc3[cH-]2)cc1.c1ccc(P(c2ccccc2)c2cc3ccccc3[cH-]2)cc1. The van der Waals surface area contributed by atoms with Crippen molar-refractivity contribution < 1.29 is 68.2 Å². The van der Waals surface area contributed by atoms with Crippen molar-refractivity contribution in [2.45, 2.75) is 12.8 Å². The van der Waals surface area contributed by atoms with Crippen molar-refractivity contribution in [2.24, 2.45) is 0 Å². The molecule has 0 saturated heterocycles. The Labute approximate surface area is 481 Å². The minimum atomic E-state index is -0.493. The van der Waals surface area contributed by atoms with E-state index in [0.29, 0.717) is 0 Å². The molecule has 12 aromatic rings. The van der Waals surface area contributed by atoms with Crippen LogP contribution >= 0.6 is 15.8 Å². The summed E-state index contributed by atoms with van der Waals surface area (Å²) in [5.74, 6) is 0. The van der Waals surface area contributed by atoms with E-state index in [2.05, 4.69) is 279 Å². The van der Waals surface area contributed by atoms with Gasteiger partial charge in [-0.1, -0.05) is 204 Å². The number of benzene rings is 10. The largest absolute Gasteiger partial charge is 2.00 e. The Morgan fingerprint density at radius 3 is 0.959 bits per heavy atom. The monoisotopic (exact) mass is 1090 g/mol. The Hall–Kier alpha value is -5.71. The molecule has 0 spiro atoms. The molecule has 0 amide bonds. The van der Waals surface area contributed by atoms with Gasteiger partial charge in [-0.15, -0.1) is 91.8 Å².